The van der Waals surface area contributed by atoms with Crippen molar-refractivity contribution in [1.82, 2.24) is 4.90 Å². The van der Waals surface area contributed by atoms with E-state index >= 15 is 0 Å². The van der Waals surface area contributed by atoms with Gasteiger partial charge in [0.2, 0.25) is 0 Å². The molecule has 0 bridgehead atoms. The molecule has 0 amide bonds. The Kier molecular flexibility index (Phi) is 4.02. The van der Waals surface area contributed by atoms with Gasteiger partial charge < -0.3 is 10.0 Å². The van der Waals surface area contributed by atoms with Crippen LogP contribution in [0.4, 0.5) is 0 Å². The molecule has 1 atom stereocenters. The van der Waals surface area contributed by atoms with Crippen LogP contribution in [0.15, 0.2) is 0 Å². The summed E-state index contributed by atoms with van der Waals surface area (Å²) in [6.07, 6.45) is 2.45. The molecule has 2 heteroatoms. The van der Waals surface area contributed by atoms with Crippen molar-refractivity contribution in [1.29, 1.82) is 0 Å². The maximum absolute atomic E-state index is 9.01. The minimum absolute atomic E-state index is 0.360. The molecule has 0 spiro atoms. The summed E-state index contributed by atoms with van der Waals surface area (Å²) in [5, 5.41) is 9.01. The maximum Gasteiger partial charge on any atom is 0.0471 e. The van der Waals surface area contributed by atoms with Gasteiger partial charge in [0.1, 0.15) is 0 Å². The third-order valence-electron chi connectivity index (χ3n) is 2.40. The van der Waals surface area contributed by atoms with E-state index in [1.54, 1.807) is 0 Å². The molecule has 1 saturated heterocycles. The van der Waals surface area contributed by atoms with Crippen molar-refractivity contribution in [3.05, 3.63) is 5.92 Å². The molecule has 0 aromatic carbocycles. The Morgan fingerprint density at radius 2 is 2.25 bits per heavy atom. The van der Waals surface area contributed by atoms with E-state index in [1.165, 1.54) is 25.3 Å². The van der Waals surface area contributed by atoms with Gasteiger partial charge in [0.25, 0.3) is 0 Å². The molecule has 1 aliphatic rings. The molecule has 1 fully saturated rings. The third kappa shape index (κ3) is 3.11. The molecule has 1 aliphatic heterocycles. The number of hydrogen-bond donors (Lipinski definition) is 1. The largest absolute Gasteiger partial charge is 0.396 e. The molecule has 0 aromatic rings. The highest BCUT2D eigenvalue weighted by molar-refractivity contribution is 4.84. The van der Waals surface area contributed by atoms with Gasteiger partial charge in [0.15, 0.2) is 0 Å². The first-order valence-electron chi connectivity index (χ1n) is 4.84. The van der Waals surface area contributed by atoms with E-state index in [0.29, 0.717) is 12.5 Å². The highest BCUT2D eigenvalue weighted by Crippen LogP contribution is 2.16. The summed E-state index contributed by atoms with van der Waals surface area (Å²) in [6, 6.07) is 0. The summed E-state index contributed by atoms with van der Waals surface area (Å²) in [5.74, 6) is 1.99. The van der Waals surface area contributed by atoms with E-state index in [-0.39, 0.29) is 0 Å². The minimum atomic E-state index is 0.360. The van der Waals surface area contributed by atoms with Crippen LogP contribution in [-0.4, -0.2) is 36.2 Å². The van der Waals surface area contributed by atoms with Gasteiger partial charge in [0.05, 0.1) is 0 Å². The zero-order valence-corrected chi connectivity index (χ0v) is 8.21. The van der Waals surface area contributed by atoms with Crippen LogP contribution >= 0.6 is 0 Å². The van der Waals surface area contributed by atoms with E-state index in [0.717, 1.165) is 13.1 Å². The van der Waals surface area contributed by atoms with E-state index < -0.39 is 0 Å². The predicted molar refractivity (Wildman–Crippen MR) is 50.8 cm³/mol. The highest BCUT2D eigenvalue weighted by atomic mass is 16.3. The van der Waals surface area contributed by atoms with E-state index in [2.05, 4.69) is 18.7 Å². The molecule has 0 saturated carbocycles. The Hall–Kier alpha value is -0.0800. The molecule has 1 N–H and O–H groups in total. The third-order valence-corrected chi connectivity index (χ3v) is 2.40. The number of nitrogens with zero attached hydrogens (tertiary/aromatic N) is 1. The van der Waals surface area contributed by atoms with Crippen molar-refractivity contribution in [3.8, 4) is 0 Å². The SMILES string of the molecule is C[C](C)CN1CCC[C@@H](CO)C1. The van der Waals surface area contributed by atoms with Gasteiger partial charge in [-0.1, -0.05) is 13.8 Å². The van der Waals surface area contributed by atoms with Crippen molar-refractivity contribution in [3.63, 3.8) is 0 Å². The highest BCUT2D eigenvalue weighted by Gasteiger charge is 2.19. The lowest BCUT2D eigenvalue weighted by Crippen LogP contribution is -2.38. The summed E-state index contributed by atoms with van der Waals surface area (Å²) >= 11 is 0. The molecule has 0 aromatic heterocycles. The topological polar surface area (TPSA) is 23.5 Å². The summed E-state index contributed by atoms with van der Waals surface area (Å²) in [6.45, 7) is 8.10. The van der Waals surface area contributed by atoms with Gasteiger partial charge in [0, 0.05) is 19.7 Å². The molecule has 1 heterocycles. The van der Waals surface area contributed by atoms with Crippen LogP contribution in [0, 0.1) is 11.8 Å². The van der Waals surface area contributed by atoms with Crippen LogP contribution < -0.4 is 0 Å². The lowest BCUT2D eigenvalue weighted by molar-refractivity contribution is 0.124. The quantitative estimate of drug-likeness (QED) is 0.690. The Balaban J connectivity index is 2.25. The minimum Gasteiger partial charge on any atom is -0.396 e. The number of aliphatic hydroxyl groups is 1. The summed E-state index contributed by atoms with van der Waals surface area (Å²) in [4.78, 5) is 2.44. The summed E-state index contributed by atoms with van der Waals surface area (Å²) in [7, 11) is 0. The predicted octanol–water partition coefficient (Wildman–Crippen LogP) is 1.30. The fraction of sp³-hybridized carbons (Fsp3) is 0.900. The fourth-order valence-electron chi connectivity index (χ4n) is 1.89. The number of rotatable bonds is 3. The van der Waals surface area contributed by atoms with Gasteiger partial charge in [-0.05, 0) is 31.2 Å². The fourth-order valence-corrected chi connectivity index (χ4v) is 1.89. The Bertz CT molecular complexity index is 125. The monoisotopic (exact) mass is 170 g/mol. The second kappa shape index (κ2) is 4.83. The Labute approximate surface area is 75.6 Å². The average molecular weight is 170 g/mol. The molecular formula is C10H20NO. The van der Waals surface area contributed by atoms with Crippen LogP contribution in [0.3, 0.4) is 0 Å². The standard InChI is InChI=1S/C10H20NO/c1-9(2)6-11-5-3-4-10(7-11)8-12/h10,12H,3-8H2,1-2H3/t10-/m1/s1. The van der Waals surface area contributed by atoms with Crippen molar-refractivity contribution in [2.45, 2.75) is 26.7 Å². The zero-order valence-electron chi connectivity index (χ0n) is 8.21. The van der Waals surface area contributed by atoms with Crippen LogP contribution in [-0.2, 0) is 0 Å². The molecule has 1 rings (SSSR count). The van der Waals surface area contributed by atoms with E-state index in [4.69, 9.17) is 5.11 Å². The molecular weight excluding hydrogens is 150 g/mol. The first kappa shape index (κ1) is 10.0. The zero-order chi connectivity index (χ0) is 8.97. The van der Waals surface area contributed by atoms with E-state index in [1.807, 2.05) is 0 Å². The van der Waals surface area contributed by atoms with Gasteiger partial charge in [-0.15, -0.1) is 0 Å². The van der Waals surface area contributed by atoms with Gasteiger partial charge in [-0.2, -0.15) is 0 Å². The number of hydrogen-bond acceptors (Lipinski definition) is 2. The van der Waals surface area contributed by atoms with Crippen molar-refractivity contribution >= 4 is 0 Å². The Morgan fingerprint density at radius 3 is 2.83 bits per heavy atom. The lowest BCUT2D eigenvalue weighted by Gasteiger charge is -2.32. The van der Waals surface area contributed by atoms with E-state index in [9.17, 15) is 0 Å². The van der Waals surface area contributed by atoms with Gasteiger partial charge in [-0.25, -0.2) is 0 Å². The normalized spacial score (nSPS) is 26.5. The first-order chi connectivity index (χ1) is 5.72. The summed E-state index contributed by atoms with van der Waals surface area (Å²) in [5.41, 5.74) is 0. The van der Waals surface area contributed by atoms with Crippen molar-refractivity contribution in [2.24, 2.45) is 5.92 Å². The van der Waals surface area contributed by atoms with Crippen LogP contribution in [0.2, 0.25) is 0 Å². The van der Waals surface area contributed by atoms with Crippen LogP contribution in [0.25, 0.3) is 0 Å². The van der Waals surface area contributed by atoms with Crippen LogP contribution in [0.5, 0.6) is 0 Å². The molecule has 0 aliphatic carbocycles. The Morgan fingerprint density at radius 1 is 1.50 bits per heavy atom. The van der Waals surface area contributed by atoms with Crippen LogP contribution in [0.1, 0.15) is 26.7 Å². The molecule has 12 heavy (non-hydrogen) atoms. The van der Waals surface area contributed by atoms with Gasteiger partial charge in [-0.3, -0.25) is 0 Å². The van der Waals surface area contributed by atoms with Crippen molar-refractivity contribution in [2.75, 3.05) is 26.2 Å². The summed E-state index contributed by atoms with van der Waals surface area (Å²) < 4.78 is 0. The van der Waals surface area contributed by atoms with Gasteiger partial charge >= 0.3 is 0 Å². The maximum atomic E-state index is 9.01. The first-order valence-corrected chi connectivity index (χ1v) is 4.84. The second-order valence-electron chi connectivity index (χ2n) is 4.13. The number of aliphatic hydroxyl groups excluding tert-OH is 1. The molecule has 1 radical (unpaired) electrons. The molecule has 2 nitrogen and oxygen atoms in total. The molecule has 71 valence electrons. The number of likely N-dealkylation sites (tertiary alicyclic amines) is 1. The average Bonchev–Trinajstić information content (AvgIpc) is 2.03. The van der Waals surface area contributed by atoms with Crippen molar-refractivity contribution < 1.29 is 5.11 Å². The smallest absolute Gasteiger partial charge is 0.0471 e. The lowest BCUT2D eigenvalue weighted by atomic mass is 9.98. The second-order valence-corrected chi connectivity index (χ2v) is 4.13. The number of piperidine rings is 1. The molecule has 0 unspecified atom stereocenters.